The van der Waals surface area contributed by atoms with E-state index in [1.165, 1.54) is 10.4 Å². The topological polar surface area (TPSA) is 12.9 Å². The predicted octanol–water partition coefficient (Wildman–Crippen LogP) is 3.12. The Balaban J connectivity index is 2.45. The molecule has 2 heteroatoms. The van der Waals surface area contributed by atoms with Crippen molar-refractivity contribution in [3.8, 4) is 11.3 Å². The number of benzene rings is 1. The minimum Gasteiger partial charge on any atom is -0.192 e. The molecule has 0 aliphatic carbocycles. The van der Waals surface area contributed by atoms with Crippen molar-refractivity contribution >= 4 is 11.5 Å². The largest absolute Gasteiger partial charge is 0.192 e. The second kappa shape index (κ2) is 3.07. The van der Waals surface area contributed by atoms with Crippen molar-refractivity contribution in [3.63, 3.8) is 0 Å². The highest BCUT2D eigenvalue weighted by atomic mass is 32.1. The van der Waals surface area contributed by atoms with E-state index in [0.29, 0.717) is 0 Å². The van der Waals surface area contributed by atoms with Gasteiger partial charge in [0.15, 0.2) is 0 Å². The average Bonchev–Trinajstić information content (AvgIpc) is 2.54. The predicted molar refractivity (Wildman–Crippen MR) is 52.3 cm³/mol. The highest BCUT2D eigenvalue weighted by Gasteiger charge is 1.99. The molecule has 1 heterocycles. The first-order valence-corrected chi connectivity index (χ1v) is 4.62. The number of aryl methyl sites for hydroxylation is 1. The van der Waals surface area contributed by atoms with E-state index in [2.05, 4.69) is 29.5 Å². The van der Waals surface area contributed by atoms with E-state index in [-0.39, 0.29) is 0 Å². The summed E-state index contributed by atoms with van der Waals surface area (Å²) in [5, 5.41) is 0. The summed E-state index contributed by atoms with van der Waals surface area (Å²) in [6.45, 7) is 2.07. The first-order chi connectivity index (χ1) is 5.86. The summed E-state index contributed by atoms with van der Waals surface area (Å²) in [6.07, 6.45) is 0. The fourth-order valence-electron chi connectivity index (χ4n) is 1.11. The lowest BCUT2D eigenvalue weighted by Crippen LogP contribution is -1.73. The molecule has 0 saturated heterocycles. The van der Waals surface area contributed by atoms with Crippen molar-refractivity contribution in [1.29, 1.82) is 0 Å². The Morgan fingerprint density at radius 1 is 1.17 bits per heavy atom. The Hall–Kier alpha value is -1.15. The van der Waals surface area contributed by atoms with Crippen LogP contribution in [0.4, 0.5) is 0 Å². The molecule has 2 rings (SSSR count). The minimum absolute atomic E-state index is 1.08. The molecule has 1 aromatic carbocycles. The van der Waals surface area contributed by atoms with Crippen LogP contribution in [-0.2, 0) is 0 Å². The number of hydrogen-bond acceptors (Lipinski definition) is 2. The summed E-state index contributed by atoms with van der Waals surface area (Å²) >= 11 is 1.55. The van der Waals surface area contributed by atoms with Crippen molar-refractivity contribution in [1.82, 2.24) is 4.37 Å². The first-order valence-electron chi connectivity index (χ1n) is 3.85. The van der Waals surface area contributed by atoms with Crippen LogP contribution >= 0.6 is 11.5 Å². The van der Waals surface area contributed by atoms with Crippen molar-refractivity contribution in [2.45, 2.75) is 6.92 Å². The van der Waals surface area contributed by atoms with Crippen molar-refractivity contribution in [3.05, 3.63) is 41.3 Å². The van der Waals surface area contributed by atoms with E-state index < -0.39 is 0 Å². The molecule has 0 aliphatic heterocycles. The SMILES string of the molecule is Cc1cc(-c2ccccc2)ns1. The maximum absolute atomic E-state index is 4.33. The van der Waals surface area contributed by atoms with E-state index in [9.17, 15) is 0 Å². The third-order valence-electron chi connectivity index (χ3n) is 1.70. The zero-order valence-electron chi connectivity index (χ0n) is 6.82. The summed E-state index contributed by atoms with van der Waals surface area (Å²) in [7, 11) is 0. The zero-order chi connectivity index (χ0) is 8.39. The molecule has 0 saturated carbocycles. The molecule has 0 radical (unpaired) electrons. The van der Waals surface area contributed by atoms with Crippen LogP contribution in [0.5, 0.6) is 0 Å². The smallest absolute Gasteiger partial charge is 0.0843 e. The van der Waals surface area contributed by atoms with E-state index in [0.717, 1.165) is 5.69 Å². The van der Waals surface area contributed by atoms with Crippen LogP contribution in [0.25, 0.3) is 11.3 Å². The van der Waals surface area contributed by atoms with Gasteiger partial charge in [-0.25, -0.2) is 0 Å². The number of nitrogens with zero attached hydrogens (tertiary/aromatic N) is 1. The van der Waals surface area contributed by atoms with Gasteiger partial charge >= 0.3 is 0 Å². The van der Waals surface area contributed by atoms with Crippen molar-refractivity contribution < 1.29 is 0 Å². The summed E-state index contributed by atoms with van der Waals surface area (Å²) in [4.78, 5) is 1.26. The Morgan fingerprint density at radius 3 is 2.50 bits per heavy atom. The maximum Gasteiger partial charge on any atom is 0.0843 e. The van der Waals surface area contributed by atoms with E-state index >= 15 is 0 Å². The molecule has 0 N–H and O–H groups in total. The average molecular weight is 175 g/mol. The first kappa shape index (κ1) is 7.50. The van der Waals surface area contributed by atoms with Crippen LogP contribution in [0.1, 0.15) is 4.88 Å². The molecular weight excluding hydrogens is 166 g/mol. The second-order valence-corrected chi connectivity index (χ2v) is 3.70. The van der Waals surface area contributed by atoms with Gasteiger partial charge in [-0.3, -0.25) is 0 Å². The molecule has 0 bridgehead atoms. The Morgan fingerprint density at radius 2 is 1.92 bits per heavy atom. The summed E-state index contributed by atoms with van der Waals surface area (Å²) in [5.41, 5.74) is 2.28. The lowest BCUT2D eigenvalue weighted by atomic mass is 10.1. The Kier molecular flexibility index (Phi) is 1.92. The fourth-order valence-corrected chi connectivity index (χ4v) is 1.68. The third-order valence-corrected chi connectivity index (χ3v) is 2.39. The van der Waals surface area contributed by atoms with E-state index in [4.69, 9.17) is 0 Å². The molecule has 0 aliphatic rings. The molecule has 1 aromatic heterocycles. The molecule has 12 heavy (non-hydrogen) atoms. The highest BCUT2D eigenvalue weighted by Crippen LogP contribution is 2.20. The molecular formula is C10H9NS. The molecule has 60 valence electrons. The highest BCUT2D eigenvalue weighted by molar-refractivity contribution is 7.05. The van der Waals surface area contributed by atoms with Crippen LogP contribution < -0.4 is 0 Å². The minimum atomic E-state index is 1.08. The maximum atomic E-state index is 4.33. The molecule has 2 aromatic rings. The van der Waals surface area contributed by atoms with Gasteiger partial charge in [0, 0.05) is 10.4 Å². The Labute approximate surface area is 75.9 Å². The van der Waals surface area contributed by atoms with Gasteiger partial charge in [-0.2, -0.15) is 4.37 Å². The van der Waals surface area contributed by atoms with E-state index in [1.54, 1.807) is 11.5 Å². The summed E-state index contributed by atoms with van der Waals surface area (Å²) in [5.74, 6) is 0. The number of hydrogen-bond donors (Lipinski definition) is 0. The molecule has 1 nitrogen and oxygen atoms in total. The van der Waals surface area contributed by atoms with Gasteiger partial charge in [-0.15, -0.1) is 0 Å². The van der Waals surface area contributed by atoms with Gasteiger partial charge in [-0.1, -0.05) is 30.3 Å². The van der Waals surface area contributed by atoms with Crippen LogP contribution in [0.3, 0.4) is 0 Å². The fraction of sp³-hybridized carbons (Fsp3) is 0.100. The quantitative estimate of drug-likeness (QED) is 0.649. The van der Waals surface area contributed by atoms with Gasteiger partial charge in [0.05, 0.1) is 5.69 Å². The van der Waals surface area contributed by atoms with Crippen molar-refractivity contribution in [2.24, 2.45) is 0 Å². The molecule has 0 atom stereocenters. The third kappa shape index (κ3) is 1.38. The van der Waals surface area contributed by atoms with Crippen LogP contribution in [0.2, 0.25) is 0 Å². The molecule has 0 fully saturated rings. The standard InChI is InChI=1S/C10H9NS/c1-8-7-10(11-12-8)9-5-3-2-4-6-9/h2-7H,1H3. The summed E-state index contributed by atoms with van der Waals surface area (Å²) < 4.78 is 4.33. The normalized spacial score (nSPS) is 10.1. The summed E-state index contributed by atoms with van der Waals surface area (Å²) in [6, 6.07) is 12.3. The van der Waals surface area contributed by atoms with Crippen LogP contribution in [-0.4, -0.2) is 4.37 Å². The number of rotatable bonds is 1. The number of aromatic nitrogens is 1. The monoisotopic (exact) mass is 175 g/mol. The van der Waals surface area contributed by atoms with Gasteiger partial charge in [-0.05, 0) is 24.5 Å². The van der Waals surface area contributed by atoms with E-state index in [1.807, 2.05) is 18.2 Å². The van der Waals surface area contributed by atoms with Crippen LogP contribution in [0, 0.1) is 6.92 Å². The van der Waals surface area contributed by atoms with Gasteiger partial charge < -0.3 is 0 Å². The lowest BCUT2D eigenvalue weighted by Gasteiger charge is -1.92. The second-order valence-electron chi connectivity index (χ2n) is 2.69. The van der Waals surface area contributed by atoms with Gasteiger partial charge in [0.1, 0.15) is 0 Å². The Bertz CT molecular complexity index is 364. The van der Waals surface area contributed by atoms with Gasteiger partial charge in [0.25, 0.3) is 0 Å². The molecule has 0 amide bonds. The van der Waals surface area contributed by atoms with Crippen molar-refractivity contribution in [2.75, 3.05) is 0 Å². The molecule has 0 unspecified atom stereocenters. The zero-order valence-corrected chi connectivity index (χ0v) is 7.64. The molecule has 0 spiro atoms. The van der Waals surface area contributed by atoms with Gasteiger partial charge in [0.2, 0.25) is 0 Å². The lowest BCUT2D eigenvalue weighted by molar-refractivity contribution is 1.51. The van der Waals surface area contributed by atoms with Crippen LogP contribution in [0.15, 0.2) is 36.4 Å².